The fraction of sp³-hybridized carbons (Fsp3) is 0.286. The molecular formula is C21H19FN4. The van der Waals surface area contributed by atoms with Crippen molar-refractivity contribution >= 4 is 11.5 Å². The molecule has 4 rings (SSSR count). The van der Waals surface area contributed by atoms with E-state index in [4.69, 9.17) is 10.7 Å². The lowest BCUT2D eigenvalue weighted by Gasteiger charge is -2.24. The summed E-state index contributed by atoms with van der Waals surface area (Å²) in [5, 5.41) is 0. The molecular weight excluding hydrogens is 327 g/mol. The average Bonchev–Trinajstić information content (AvgIpc) is 3.43. The predicted molar refractivity (Wildman–Crippen MR) is 101 cm³/mol. The zero-order valence-electron chi connectivity index (χ0n) is 14.8. The molecule has 0 saturated heterocycles. The van der Waals surface area contributed by atoms with E-state index in [0.29, 0.717) is 22.9 Å². The number of aromatic nitrogens is 1. The van der Waals surface area contributed by atoms with E-state index in [9.17, 15) is 4.39 Å². The number of nitrogens with two attached hydrogens (primary N) is 1. The quantitative estimate of drug-likeness (QED) is 0.862. The summed E-state index contributed by atoms with van der Waals surface area (Å²) in [6.07, 6.45) is 5.41. The third kappa shape index (κ3) is 2.68. The van der Waals surface area contributed by atoms with Crippen LogP contribution in [-0.2, 0) is 5.66 Å². The predicted octanol–water partition coefficient (Wildman–Crippen LogP) is 3.65. The number of amidine groups is 1. The van der Waals surface area contributed by atoms with Crippen LogP contribution in [0.2, 0.25) is 0 Å². The van der Waals surface area contributed by atoms with Gasteiger partial charge in [0.1, 0.15) is 11.7 Å². The average molecular weight is 346 g/mol. The molecule has 1 aromatic carbocycles. The molecule has 2 heterocycles. The lowest BCUT2D eigenvalue weighted by Crippen LogP contribution is -2.23. The first-order valence-corrected chi connectivity index (χ1v) is 8.64. The first kappa shape index (κ1) is 16.5. The summed E-state index contributed by atoms with van der Waals surface area (Å²) < 4.78 is 14.6. The van der Waals surface area contributed by atoms with Gasteiger partial charge < -0.3 is 5.73 Å². The van der Waals surface area contributed by atoms with Gasteiger partial charge in [-0.1, -0.05) is 12.0 Å². The summed E-state index contributed by atoms with van der Waals surface area (Å²) in [5.41, 5.74) is 8.81. The molecule has 1 aliphatic carbocycles. The minimum atomic E-state index is -0.717. The third-order valence-electron chi connectivity index (χ3n) is 4.86. The number of benzene rings is 1. The Balaban J connectivity index is 1.85. The first-order chi connectivity index (χ1) is 12.5. The van der Waals surface area contributed by atoms with E-state index >= 15 is 0 Å². The van der Waals surface area contributed by atoms with Crippen LogP contribution in [0.25, 0.3) is 11.1 Å². The Morgan fingerprint density at radius 2 is 2.00 bits per heavy atom. The largest absolute Gasteiger partial charge is 0.382 e. The van der Waals surface area contributed by atoms with Gasteiger partial charge in [-0.3, -0.25) is 9.98 Å². The van der Waals surface area contributed by atoms with Gasteiger partial charge in [0, 0.05) is 40.6 Å². The van der Waals surface area contributed by atoms with Gasteiger partial charge in [-0.25, -0.2) is 9.38 Å². The summed E-state index contributed by atoms with van der Waals surface area (Å²) >= 11 is 0. The molecule has 1 aliphatic heterocycles. The molecule has 1 fully saturated rings. The van der Waals surface area contributed by atoms with E-state index in [-0.39, 0.29) is 5.82 Å². The Hall–Kier alpha value is -3.00. The number of nitrogens with zero attached hydrogens (tertiary/aromatic N) is 3. The maximum atomic E-state index is 14.6. The topological polar surface area (TPSA) is 63.6 Å². The Morgan fingerprint density at radius 1 is 1.19 bits per heavy atom. The summed E-state index contributed by atoms with van der Waals surface area (Å²) in [6.45, 7) is 3.63. The van der Waals surface area contributed by atoms with E-state index in [2.05, 4.69) is 21.8 Å². The normalized spacial score (nSPS) is 21.7. The van der Waals surface area contributed by atoms with Crippen LogP contribution in [0.15, 0.2) is 46.6 Å². The molecule has 4 nitrogen and oxygen atoms in total. The van der Waals surface area contributed by atoms with Gasteiger partial charge in [0.15, 0.2) is 5.66 Å². The maximum Gasteiger partial charge on any atom is 0.181 e. The highest BCUT2D eigenvalue weighted by Gasteiger charge is 2.49. The fourth-order valence-corrected chi connectivity index (χ4v) is 3.41. The van der Waals surface area contributed by atoms with Crippen LogP contribution < -0.4 is 5.73 Å². The molecule has 2 aromatic rings. The molecule has 5 heteroatoms. The second-order valence-electron chi connectivity index (χ2n) is 6.73. The van der Waals surface area contributed by atoms with E-state index in [1.807, 2.05) is 19.1 Å². The van der Waals surface area contributed by atoms with Crippen LogP contribution >= 0.6 is 0 Å². The first-order valence-electron chi connectivity index (χ1n) is 8.64. The summed E-state index contributed by atoms with van der Waals surface area (Å²) in [7, 11) is 0. The van der Waals surface area contributed by atoms with Gasteiger partial charge in [0.25, 0.3) is 0 Å². The molecule has 1 aromatic heterocycles. The van der Waals surface area contributed by atoms with Gasteiger partial charge in [0.2, 0.25) is 0 Å². The molecule has 1 atom stereocenters. The lowest BCUT2D eigenvalue weighted by atomic mass is 9.92. The number of aliphatic imine (C=N–C) groups is 2. The van der Waals surface area contributed by atoms with Gasteiger partial charge in [-0.2, -0.15) is 0 Å². The van der Waals surface area contributed by atoms with Crippen LogP contribution in [0.4, 0.5) is 4.39 Å². The maximum absolute atomic E-state index is 14.6. The van der Waals surface area contributed by atoms with Crippen LogP contribution in [-0.4, -0.2) is 16.5 Å². The molecule has 0 amide bonds. The Labute approximate surface area is 152 Å². The zero-order chi connectivity index (χ0) is 18.3. The Bertz CT molecular complexity index is 988. The standard InChI is InChI=1S/C21H19FN4/c1-3-4-14-9-15(12-24-11-14)18-10-17(7-8-19(18)22)21(16-5-6-16)25-13(2)20(23)26-21/h7-12,16H,5-6H2,1-2H3,(H2,23,26). The van der Waals surface area contributed by atoms with E-state index < -0.39 is 5.66 Å². The van der Waals surface area contributed by atoms with Crippen molar-refractivity contribution in [1.82, 2.24) is 4.98 Å². The van der Waals surface area contributed by atoms with Crippen LogP contribution in [0, 0.1) is 23.6 Å². The number of halogens is 1. The van der Waals surface area contributed by atoms with E-state index in [1.165, 1.54) is 6.07 Å². The van der Waals surface area contributed by atoms with Gasteiger partial charge in [-0.05, 0) is 44.9 Å². The molecule has 0 radical (unpaired) electrons. The number of hydrogen-bond acceptors (Lipinski definition) is 4. The zero-order valence-corrected chi connectivity index (χ0v) is 14.8. The minimum Gasteiger partial charge on any atom is -0.382 e. The molecule has 130 valence electrons. The second-order valence-corrected chi connectivity index (χ2v) is 6.73. The van der Waals surface area contributed by atoms with Crippen molar-refractivity contribution in [3.8, 4) is 23.0 Å². The molecule has 0 spiro atoms. The number of hydrogen-bond donors (Lipinski definition) is 1. The van der Waals surface area contributed by atoms with Crippen LogP contribution in [0.3, 0.4) is 0 Å². The van der Waals surface area contributed by atoms with Gasteiger partial charge >= 0.3 is 0 Å². The van der Waals surface area contributed by atoms with Crippen LogP contribution in [0.5, 0.6) is 0 Å². The van der Waals surface area contributed by atoms with Crippen molar-refractivity contribution in [2.75, 3.05) is 0 Å². The van der Waals surface area contributed by atoms with Gasteiger partial charge in [-0.15, -0.1) is 5.92 Å². The van der Waals surface area contributed by atoms with Crippen molar-refractivity contribution in [2.45, 2.75) is 32.4 Å². The highest BCUT2D eigenvalue weighted by Crippen LogP contribution is 2.51. The number of rotatable bonds is 3. The van der Waals surface area contributed by atoms with Crippen molar-refractivity contribution in [1.29, 1.82) is 0 Å². The molecule has 1 unspecified atom stereocenters. The lowest BCUT2D eigenvalue weighted by molar-refractivity contribution is 0.416. The van der Waals surface area contributed by atoms with Crippen molar-refractivity contribution in [3.63, 3.8) is 0 Å². The molecule has 0 bridgehead atoms. The van der Waals surface area contributed by atoms with Gasteiger partial charge in [0.05, 0.1) is 5.71 Å². The highest BCUT2D eigenvalue weighted by molar-refractivity contribution is 6.41. The Kier molecular flexibility index (Phi) is 3.84. The monoisotopic (exact) mass is 346 g/mol. The van der Waals surface area contributed by atoms with Crippen molar-refractivity contribution in [3.05, 3.63) is 53.6 Å². The summed E-state index contributed by atoms with van der Waals surface area (Å²) in [4.78, 5) is 13.6. The highest BCUT2D eigenvalue weighted by atomic mass is 19.1. The molecule has 2 N–H and O–H groups in total. The number of pyridine rings is 1. The second kappa shape index (κ2) is 6.06. The van der Waals surface area contributed by atoms with Crippen LogP contribution in [0.1, 0.15) is 37.8 Å². The van der Waals surface area contributed by atoms with E-state index in [0.717, 1.165) is 29.7 Å². The van der Waals surface area contributed by atoms with E-state index in [1.54, 1.807) is 25.4 Å². The Morgan fingerprint density at radius 3 is 2.65 bits per heavy atom. The van der Waals surface area contributed by atoms with Crippen molar-refractivity contribution < 1.29 is 4.39 Å². The minimum absolute atomic E-state index is 0.307. The third-order valence-corrected chi connectivity index (χ3v) is 4.86. The summed E-state index contributed by atoms with van der Waals surface area (Å²) in [5.74, 6) is 6.27. The SMILES string of the molecule is CC#Cc1cncc(-c2cc(C3(C4CC4)N=C(C)C(N)=N3)ccc2F)c1. The molecule has 1 saturated carbocycles. The molecule has 2 aliphatic rings. The molecule has 26 heavy (non-hydrogen) atoms. The fourth-order valence-electron chi connectivity index (χ4n) is 3.41. The summed E-state index contributed by atoms with van der Waals surface area (Å²) in [6, 6.07) is 6.91. The van der Waals surface area contributed by atoms with Crippen molar-refractivity contribution in [2.24, 2.45) is 21.6 Å². The smallest absolute Gasteiger partial charge is 0.181 e.